The summed E-state index contributed by atoms with van der Waals surface area (Å²) in [4.78, 5) is 3.35. The molecule has 2 heterocycles. The molecule has 7 nitrogen and oxygen atoms in total. The van der Waals surface area contributed by atoms with Crippen LogP contribution in [0.15, 0.2) is 47.6 Å². The summed E-state index contributed by atoms with van der Waals surface area (Å²) in [6, 6.07) is 15.5. The summed E-state index contributed by atoms with van der Waals surface area (Å²) in [6.07, 6.45) is 2.28. The van der Waals surface area contributed by atoms with Gasteiger partial charge in [0.15, 0.2) is 11.5 Å². The van der Waals surface area contributed by atoms with Gasteiger partial charge in [-0.1, -0.05) is 25.1 Å². The number of pyridine rings is 1. The van der Waals surface area contributed by atoms with E-state index in [-0.39, 0.29) is 5.75 Å². The van der Waals surface area contributed by atoms with E-state index in [9.17, 15) is 10.4 Å². The summed E-state index contributed by atoms with van der Waals surface area (Å²) in [6.45, 7) is 4.00. The molecule has 0 aliphatic carbocycles. The molecular formula is C23H22N5O2+. The number of methoxy groups -OCH3 is 1. The standard InChI is InChI=1S/C23H21N5O2/c1-4-16-14(2)17(12-24)22-26-18-9-5-6-10-19(18)28(22)23(16)27-25-13-15-8-7-11-20(30-3)21(15)29/h5-11,13H,4H2,1-3H3,(H2,25,26,27,29)/p+1. The summed E-state index contributed by atoms with van der Waals surface area (Å²) in [7, 11) is 1.51. The molecule has 0 bridgehead atoms. The molecule has 4 aromatic rings. The van der Waals surface area contributed by atoms with Crippen LogP contribution in [0.25, 0.3) is 16.7 Å². The van der Waals surface area contributed by atoms with Crippen molar-refractivity contribution in [3.05, 3.63) is 64.7 Å². The average molecular weight is 400 g/mol. The van der Waals surface area contributed by atoms with Crippen LogP contribution in [0.1, 0.15) is 29.2 Å². The SMILES string of the molecule is CCc1c(C)c(C#N)c2[nH]c3ccccc3[n+]2c1N/N=C/c1cccc(OC)c1O. The van der Waals surface area contributed by atoms with Gasteiger partial charge in [-0.3, -0.25) is 4.98 Å². The number of hydrazone groups is 1. The predicted molar refractivity (Wildman–Crippen MR) is 116 cm³/mol. The molecule has 0 radical (unpaired) electrons. The van der Waals surface area contributed by atoms with Crippen LogP contribution in [0.4, 0.5) is 5.82 Å². The molecule has 0 fully saturated rings. The van der Waals surface area contributed by atoms with Gasteiger partial charge in [0, 0.05) is 11.1 Å². The van der Waals surface area contributed by atoms with Crippen molar-refractivity contribution in [2.75, 3.05) is 12.5 Å². The number of nitriles is 1. The predicted octanol–water partition coefficient (Wildman–Crippen LogP) is 3.81. The zero-order chi connectivity index (χ0) is 21.3. The Bertz CT molecular complexity index is 1330. The highest BCUT2D eigenvalue weighted by Gasteiger charge is 2.24. The molecule has 0 amide bonds. The largest absolute Gasteiger partial charge is 0.504 e. The average Bonchev–Trinajstić information content (AvgIpc) is 3.14. The summed E-state index contributed by atoms with van der Waals surface area (Å²) in [5.74, 6) is 1.19. The lowest BCUT2D eigenvalue weighted by atomic mass is 10.0. The molecule has 0 aliphatic rings. The lowest BCUT2D eigenvalue weighted by Gasteiger charge is -2.10. The Morgan fingerprint density at radius 1 is 1.27 bits per heavy atom. The fraction of sp³-hybridized carbons (Fsp3) is 0.174. The van der Waals surface area contributed by atoms with Crippen LogP contribution in [0.2, 0.25) is 0 Å². The molecule has 0 saturated heterocycles. The molecular weight excluding hydrogens is 378 g/mol. The highest BCUT2D eigenvalue weighted by Crippen LogP contribution is 2.29. The number of aromatic amines is 1. The molecule has 0 spiro atoms. The van der Waals surface area contributed by atoms with Crippen molar-refractivity contribution in [1.82, 2.24) is 4.98 Å². The van der Waals surface area contributed by atoms with Gasteiger partial charge in [-0.15, -0.1) is 5.10 Å². The van der Waals surface area contributed by atoms with Crippen molar-refractivity contribution >= 4 is 28.7 Å². The van der Waals surface area contributed by atoms with Gasteiger partial charge in [-0.2, -0.15) is 15.1 Å². The van der Waals surface area contributed by atoms with Crippen molar-refractivity contribution in [1.29, 1.82) is 5.26 Å². The second kappa shape index (κ2) is 7.76. The molecule has 2 aromatic carbocycles. The van der Waals surface area contributed by atoms with Crippen LogP contribution in [0, 0.1) is 18.3 Å². The Morgan fingerprint density at radius 2 is 2.07 bits per heavy atom. The number of H-pyrrole nitrogens is 1. The number of fused-ring (bicyclic) bond motifs is 3. The first kappa shape index (κ1) is 19.3. The van der Waals surface area contributed by atoms with Gasteiger partial charge in [0.1, 0.15) is 22.7 Å². The van der Waals surface area contributed by atoms with E-state index in [1.165, 1.54) is 7.11 Å². The topological polar surface area (TPSA) is 97.5 Å². The molecule has 3 N–H and O–H groups in total. The third-order valence-electron chi connectivity index (χ3n) is 5.29. The lowest BCUT2D eigenvalue weighted by Crippen LogP contribution is -2.28. The first-order valence-electron chi connectivity index (χ1n) is 9.63. The first-order chi connectivity index (χ1) is 14.6. The number of phenolic OH excluding ortho intramolecular Hbond substituents is 1. The number of hydrogen-bond donors (Lipinski definition) is 3. The second-order valence-corrected chi connectivity index (χ2v) is 6.89. The van der Waals surface area contributed by atoms with E-state index in [0.717, 1.165) is 40.0 Å². The monoisotopic (exact) mass is 400 g/mol. The van der Waals surface area contributed by atoms with E-state index in [1.54, 1.807) is 24.4 Å². The molecule has 0 unspecified atom stereocenters. The zero-order valence-corrected chi connectivity index (χ0v) is 17.0. The van der Waals surface area contributed by atoms with Crippen molar-refractivity contribution in [2.45, 2.75) is 20.3 Å². The number of para-hydroxylation sites is 3. The number of nitrogens with zero attached hydrogens (tertiary/aromatic N) is 3. The summed E-state index contributed by atoms with van der Waals surface area (Å²) in [5.41, 5.74) is 8.79. The minimum absolute atomic E-state index is 0.0298. The van der Waals surface area contributed by atoms with E-state index >= 15 is 0 Å². The molecule has 2 aromatic heterocycles. The third-order valence-corrected chi connectivity index (χ3v) is 5.29. The van der Waals surface area contributed by atoms with Gasteiger partial charge in [-0.05, 0) is 43.2 Å². The van der Waals surface area contributed by atoms with E-state index in [4.69, 9.17) is 4.74 Å². The number of ether oxygens (including phenoxy) is 1. The molecule has 0 saturated carbocycles. The Kier molecular flexibility index (Phi) is 4.98. The van der Waals surface area contributed by atoms with Gasteiger partial charge in [-0.25, -0.2) is 0 Å². The first-order valence-corrected chi connectivity index (χ1v) is 9.63. The fourth-order valence-corrected chi connectivity index (χ4v) is 3.78. The number of aromatic hydroxyl groups is 1. The number of phenols is 1. The Morgan fingerprint density at radius 3 is 2.80 bits per heavy atom. The van der Waals surface area contributed by atoms with Crippen LogP contribution < -0.4 is 14.6 Å². The summed E-state index contributed by atoms with van der Waals surface area (Å²) in [5, 5.41) is 24.5. The third kappa shape index (κ3) is 2.99. The van der Waals surface area contributed by atoms with Gasteiger partial charge in [0.25, 0.3) is 5.82 Å². The number of hydrogen-bond acceptors (Lipinski definition) is 5. The van der Waals surface area contributed by atoms with Crippen LogP contribution in [0.5, 0.6) is 11.5 Å². The number of imidazole rings is 1. The minimum Gasteiger partial charge on any atom is -0.504 e. The molecule has 30 heavy (non-hydrogen) atoms. The van der Waals surface area contributed by atoms with Crippen LogP contribution >= 0.6 is 0 Å². The van der Waals surface area contributed by atoms with Crippen molar-refractivity contribution in [2.24, 2.45) is 5.10 Å². The number of benzene rings is 2. The summed E-state index contributed by atoms with van der Waals surface area (Å²) < 4.78 is 7.14. The van der Waals surface area contributed by atoms with Gasteiger partial charge < -0.3 is 9.84 Å². The van der Waals surface area contributed by atoms with Crippen LogP contribution in [-0.2, 0) is 6.42 Å². The number of rotatable bonds is 5. The lowest BCUT2D eigenvalue weighted by molar-refractivity contribution is -0.465. The number of aromatic nitrogens is 2. The van der Waals surface area contributed by atoms with Crippen molar-refractivity contribution < 1.29 is 14.2 Å². The zero-order valence-electron chi connectivity index (χ0n) is 17.0. The smallest absolute Gasteiger partial charge is 0.253 e. The molecule has 7 heteroatoms. The number of anilines is 1. The maximum Gasteiger partial charge on any atom is 0.253 e. The Balaban J connectivity index is 1.89. The highest BCUT2D eigenvalue weighted by atomic mass is 16.5. The quantitative estimate of drug-likeness (QED) is 0.270. The van der Waals surface area contributed by atoms with Crippen molar-refractivity contribution in [3.8, 4) is 17.6 Å². The van der Waals surface area contributed by atoms with Gasteiger partial charge in [0.2, 0.25) is 5.65 Å². The van der Waals surface area contributed by atoms with Crippen LogP contribution in [-0.4, -0.2) is 23.4 Å². The van der Waals surface area contributed by atoms with Crippen molar-refractivity contribution in [3.63, 3.8) is 0 Å². The Labute approximate surface area is 173 Å². The van der Waals surface area contributed by atoms with Crippen LogP contribution in [0.3, 0.4) is 0 Å². The normalized spacial score (nSPS) is 11.3. The van der Waals surface area contributed by atoms with Gasteiger partial charge in [0.05, 0.1) is 13.3 Å². The maximum atomic E-state index is 10.3. The second-order valence-electron chi connectivity index (χ2n) is 6.89. The maximum absolute atomic E-state index is 10.3. The highest BCUT2D eigenvalue weighted by molar-refractivity contribution is 5.85. The molecule has 0 atom stereocenters. The fourth-order valence-electron chi connectivity index (χ4n) is 3.78. The molecule has 0 aliphatic heterocycles. The van der Waals surface area contributed by atoms with E-state index in [0.29, 0.717) is 16.9 Å². The van der Waals surface area contributed by atoms with Gasteiger partial charge >= 0.3 is 0 Å². The Hall–Kier alpha value is -4.05. The van der Waals surface area contributed by atoms with E-state index in [1.807, 2.05) is 42.5 Å². The minimum atomic E-state index is 0.0298. The van der Waals surface area contributed by atoms with E-state index in [2.05, 4.69) is 21.6 Å². The molecule has 150 valence electrons. The number of nitrogens with one attached hydrogen (secondary N) is 2. The summed E-state index contributed by atoms with van der Waals surface area (Å²) >= 11 is 0. The molecule has 4 rings (SSSR count). The van der Waals surface area contributed by atoms with E-state index < -0.39 is 0 Å².